The van der Waals surface area contributed by atoms with E-state index in [1.54, 1.807) is 6.92 Å². The highest BCUT2D eigenvalue weighted by molar-refractivity contribution is 6.46. The first-order chi connectivity index (χ1) is 6.70. The molecular formula is C10H9ClN2O. The van der Waals surface area contributed by atoms with Gasteiger partial charge in [0.05, 0.1) is 11.4 Å². The van der Waals surface area contributed by atoms with Crippen molar-refractivity contribution in [3.05, 3.63) is 30.3 Å². The van der Waals surface area contributed by atoms with Crippen LogP contribution in [0.15, 0.2) is 35.4 Å². The number of hydrogen-bond donors (Lipinski definition) is 0. The normalized spacial score (nSPS) is 21.3. The minimum absolute atomic E-state index is 0.185. The number of amides is 1. The first kappa shape index (κ1) is 9.21. The second kappa shape index (κ2) is 3.42. The Morgan fingerprint density at radius 3 is 2.50 bits per heavy atom. The van der Waals surface area contributed by atoms with Gasteiger partial charge in [0.1, 0.15) is 0 Å². The largest absolute Gasteiger partial charge is 0.271 e. The van der Waals surface area contributed by atoms with Crippen LogP contribution < -0.4 is 5.01 Å². The van der Waals surface area contributed by atoms with Crippen molar-refractivity contribution in [3.63, 3.8) is 0 Å². The van der Waals surface area contributed by atoms with E-state index in [0.29, 0.717) is 5.71 Å². The van der Waals surface area contributed by atoms with Gasteiger partial charge in [0.25, 0.3) is 5.91 Å². The summed E-state index contributed by atoms with van der Waals surface area (Å²) >= 11 is 5.84. The van der Waals surface area contributed by atoms with Gasteiger partial charge in [0.2, 0.25) is 0 Å². The number of rotatable bonds is 1. The Morgan fingerprint density at radius 2 is 2.00 bits per heavy atom. The summed E-state index contributed by atoms with van der Waals surface area (Å²) in [5.41, 5.74) is 1.39. The van der Waals surface area contributed by atoms with E-state index in [9.17, 15) is 4.79 Å². The molecule has 0 spiro atoms. The lowest BCUT2D eigenvalue weighted by atomic mass is 10.3. The van der Waals surface area contributed by atoms with E-state index in [4.69, 9.17) is 11.6 Å². The van der Waals surface area contributed by atoms with Crippen LogP contribution in [0.25, 0.3) is 0 Å². The highest BCUT2D eigenvalue weighted by Gasteiger charge is 2.32. The fourth-order valence-corrected chi connectivity index (χ4v) is 1.43. The highest BCUT2D eigenvalue weighted by Crippen LogP contribution is 2.22. The predicted octanol–water partition coefficient (Wildman–Crippen LogP) is 2.02. The van der Waals surface area contributed by atoms with Crippen LogP contribution in [0.3, 0.4) is 0 Å². The van der Waals surface area contributed by atoms with Crippen LogP contribution in [0.2, 0.25) is 0 Å². The summed E-state index contributed by atoms with van der Waals surface area (Å²) in [7, 11) is 0. The van der Waals surface area contributed by atoms with Gasteiger partial charge in [-0.2, -0.15) is 10.1 Å². The van der Waals surface area contributed by atoms with Gasteiger partial charge in [0, 0.05) is 0 Å². The molecule has 0 fully saturated rings. The number of anilines is 1. The molecule has 4 heteroatoms. The molecule has 72 valence electrons. The number of para-hydroxylation sites is 1. The third kappa shape index (κ3) is 1.40. The predicted molar refractivity (Wildman–Crippen MR) is 56.7 cm³/mol. The first-order valence-corrected chi connectivity index (χ1v) is 4.72. The van der Waals surface area contributed by atoms with E-state index in [2.05, 4.69) is 5.10 Å². The van der Waals surface area contributed by atoms with E-state index in [-0.39, 0.29) is 5.91 Å². The Morgan fingerprint density at radius 1 is 1.36 bits per heavy atom. The molecule has 0 saturated carbocycles. The number of carbonyl (C=O) groups excluding carboxylic acids is 1. The molecule has 0 aliphatic carbocycles. The molecular weight excluding hydrogens is 200 g/mol. The average Bonchev–Trinajstić information content (AvgIpc) is 2.47. The molecule has 3 nitrogen and oxygen atoms in total. The van der Waals surface area contributed by atoms with Crippen LogP contribution in [0.1, 0.15) is 6.92 Å². The standard InChI is InChI=1S/C10H9ClN2O/c1-7-9(11)10(14)13(12-7)8-5-3-2-4-6-8/h2-6,9H,1H3/t9-/m1/s1. The van der Waals surface area contributed by atoms with Gasteiger partial charge in [-0.1, -0.05) is 18.2 Å². The lowest BCUT2D eigenvalue weighted by Crippen LogP contribution is -2.27. The Kier molecular flexibility index (Phi) is 2.25. The molecule has 1 heterocycles. The van der Waals surface area contributed by atoms with Gasteiger partial charge < -0.3 is 0 Å². The van der Waals surface area contributed by atoms with Crippen LogP contribution in [-0.2, 0) is 4.79 Å². The number of nitrogens with zero attached hydrogens (tertiary/aromatic N) is 2. The van der Waals surface area contributed by atoms with E-state index in [1.807, 2.05) is 30.3 Å². The number of hydrazone groups is 1. The zero-order chi connectivity index (χ0) is 10.1. The number of benzene rings is 1. The van der Waals surface area contributed by atoms with Crippen LogP contribution in [-0.4, -0.2) is 17.0 Å². The van der Waals surface area contributed by atoms with Gasteiger partial charge in [-0.05, 0) is 19.1 Å². The molecule has 1 aromatic carbocycles. The van der Waals surface area contributed by atoms with Gasteiger partial charge in [-0.15, -0.1) is 11.6 Å². The second-order valence-corrected chi connectivity index (χ2v) is 3.53. The Hall–Kier alpha value is -1.35. The molecule has 1 aliphatic rings. The molecule has 1 aliphatic heterocycles. The summed E-state index contributed by atoms with van der Waals surface area (Å²) in [5.74, 6) is -0.185. The third-order valence-corrected chi connectivity index (χ3v) is 2.55. The molecule has 1 atom stereocenters. The number of carbonyl (C=O) groups is 1. The van der Waals surface area contributed by atoms with Crippen molar-refractivity contribution in [3.8, 4) is 0 Å². The molecule has 0 aromatic heterocycles. The minimum Gasteiger partial charge on any atom is -0.270 e. The lowest BCUT2D eigenvalue weighted by molar-refractivity contribution is -0.116. The van der Waals surface area contributed by atoms with Gasteiger partial charge in [-0.25, -0.2) is 0 Å². The van der Waals surface area contributed by atoms with Gasteiger partial charge in [0.15, 0.2) is 5.38 Å². The molecule has 1 aromatic rings. The summed E-state index contributed by atoms with van der Waals surface area (Å²) in [6, 6.07) is 9.25. The van der Waals surface area contributed by atoms with Gasteiger partial charge >= 0.3 is 0 Å². The zero-order valence-corrected chi connectivity index (χ0v) is 8.40. The molecule has 14 heavy (non-hydrogen) atoms. The Labute approximate surface area is 87.0 Å². The van der Waals surface area contributed by atoms with Crippen molar-refractivity contribution in [2.75, 3.05) is 5.01 Å². The van der Waals surface area contributed by atoms with Crippen molar-refractivity contribution in [2.24, 2.45) is 5.10 Å². The molecule has 0 radical (unpaired) electrons. The van der Waals surface area contributed by atoms with Crippen LogP contribution in [0.5, 0.6) is 0 Å². The first-order valence-electron chi connectivity index (χ1n) is 4.28. The lowest BCUT2D eigenvalue weighted by Gasteiger charge is -2.11. The number of halogens is 1. The number of hydrogen-bond acceptors (Lipinski definition) is 2. The Bertz CT molecular complexity index is 388. The van der Waals surface area contributed by atoms with Crippen LogP contribution in [0, 0.1) is 0 Å². The zero-order valence-electron chi connectivity index (χ0n) is 7.64. The van der Waals surface area contributed by atoms with Crippen molar-refractivity contribution in [1.82, 2.24) is 0 Å². The van der Waals surface area contributed by atoms with Crippen LogP contribution >= 0.6 is 11.6 Å². The van der Waals surface area contributed by atoms with E-state index in [1.165, 1.54) is 5.01 Å². The minimum atomic E-state index is -0.616. The molecule has 0 saturated heterocycles. The SMILES string of the molecule is CC1=NN(c2ccccc2)C(=O)[C@@H]1Cl. The van der Waals surface area contributed by atoms with Crippen molar-refractivity contribution in [2.45, 2.75) is 12.3 Å². The summed E-state index contributed by atoms with van der Waals surface area (Å²) in [6.45, 7) is 1.75. The number of alkyl halides is 1. The second-order valence-electron chi connectivity index (χ2n) is 3.09. The molecule has 2 rings (SSSR count). The fourth-order valence-electron chi connectivity index (χ4n) is 1.30. The highest BCUT2D eigenvalue weighted by atomic mass is 35.5. The summed E-state index contributed by atoms with van der Waals surface area (Å²) in [6.07, 6.45) is 0. The molecule has 0 unspecified atom stereocenters. The van der Waals surface area contributed by atoms with Crippen LogP contribution in [0.4, 0.5) is 5.69 Å². The third-order valence-electron chi connectivity index (χ3n) is 2.05. The summed E-state index contributed by atoms with van der Waals surface area (Å²) in [4.78, 5) is 11.6. The topological polar surface area (TPSA) is 32.7 Å². The monoisotopic (exact) mass is 208 g/mol. The summed E-state index contributed by atoms with van der Waals surface area (Å²) < 4.78 is 0. The van der Waals surface area contributed by atoms with Crippen molar-refractivity contribution < 1.29 is 4.79 Å². The quantitative estimate of drug-likeness (QED) is 0.650. The van der Waals surface area contributed by atoms with Crippen molar-refractivity contribution >= 4 is 28.9 Å². The molecule has 1 amide bonds. The maximum Gasteiger partial charge on any atom is 0.271 e. The van der Waals surface area contributed by atoms with E-state index >= 15 is 0 Å². The van der Waals surface area contributed by atoms with E-state index < -0.39 is 5.38 Å². The van der Waals surface area contributed by atoms with E-state index in [0.717, 1.165) is 5.69 Å². The average molecular weight is 209 g/mol. The van der Waals surface area contributed by atoms with Gasteiger partial charge in [-0.3, -0.25) is 4.79 Å². The maximum atomic E-state index is 11.6. The summed E-state index contributed by atoms with van der Waals surface area (Å²) in [5, 5.41) is 4.81. The van der Waals surface area contributed by atoms with Crippen molar-refractivity contribution in [1.29, 1.82) is 0 Å². The molecule has 0 bridgehead atoms. The Balaban J connectivity index is 2.35. The fraction of sp³-hybridized carbons (Fsp3) is 0.200. The maximum absolute atomic E-state index is 11.6. The molecule has 0 N–H and O–H groups in total. The smallest absolute Gasteiger partial charge is 0.270 e.